The first kappa shape index (κ1) is 18.3. The summed E-state index contributed by atoms with van der Waals surface area (Å²) < 4.78 is 16.1. The first-order valence-electron chi connectivity index (χ1n) is 7.60. The topological polar surface area (TPSA) is 72.7 Å². The molecule has 2 heterocycles. The SMILES string of the molecule is CSc1ncc(Cl)c(C(=O)N[C@H](c2ccccc2F)c2nccn2C)n1. The van der Waals surface area contributed by atoms with Crippen LogP contribution in [0.4, 0.5) is 4.39 Å². The molecule has 0 aliphatic carbocycles. The molecule has 0 saturated heterocycles. The number of thioether (sulfide) groups is 1. The summed E-state index contributed by atoms with van der Waals surface area (Å²) in [5.74, 6) is -0.498. The highest BCUT2D eigenvalue weighted by atomic mass is 35.5. The number of halogens is 2. The molecule has 26 heavy (non-hydrogen) atoms. The summed E-state index contributed by atoms with van der Waals surface area (Å²) in [4.78, 5) is 25.2. The van der Waals surface area contributed by atoms with Gasteiger partial charge in [-0.3, -0.25) is 4.79 Å². The van der Waals surface area contributed by atoms with Gasteiger partial charge in [-0.15, -0.1) is 0 Å². The lowest BCUT2D eigenvalue weighted by Crippen LogP contribution is -2.32. The summed E-state index contributed by atoms with van der Waals surface area (Å²) in [6.07, 6.45) is 6.47. The summed E-state index contributed by atoms with van der Waals surface area (Å²) in [6.45, 7) is 0. The van der Waals surface area contributed by atoms with Gasteiger partial charge in [-0.25, -0.2) is 19.3 Å². The molecule has 134 valence electrons. The number of hydrogen-bond acceptors (Lipinski definition) is 5. The van der Waals surface area contributed by atoms with Crippen molar-refractivity contribution in [1.82, 2.24) is 24.8 Å². The predicted molar refractivity (Wildman–Crippen MR) is 97.7 cm³/mol. The number of hydrogen-bond donors (Lipinski definition) is 1. The number of carbonyl (C=O) groups is 1. The van der Waals surface area contributed by atoms with Crippen LogP contribution >= 0.6 is 23.4 Å². The van der Waals surface area contributed by atoms with Crippen LogP contribution in [0.3, 0.4) is 0 Å². The number of carbonyl (C=O) groups excluding carboxylic acids is 1. The number of amides is 1. The second-order valence-electron chi connectivity index (χ2n) is 5.38. The van der Waals surface area contributed by atoms with Gasteiger partial charge in [0.15, 0.2) is 10.9 Å². The molecule has 0 unspecified atom stereocenters. The van der Waals surface area contributed by atoms with Crippen LogP contribution in [0, 0.1) is 5.82 Å². The van der Waals surface area contributed by atoms with Crippen LogP contribution in [0.5, 0.6) is 0 Å². The normalized spacial score (nSPS) is 12.0. The molecule has 2 aromatic heterocycles. The molecule has 0 bridgehead atoms. The summed E-state index contributed by atoms with van der Waals surface area (Å²) in [5, 5.41) is 3.31. The van der Waals surface area contributed by atoms with E-state index in [1.807, 2.05) is 0 Å². The quantitative estimate of drug-likeness (QED) is 0.534. The molecule has 0 aliphatic rings. The number of nitrogens with zero attached hydrogens (tertiary/aromatic N) is 4. The fourth-order valence-corrected chi connectivity index (χ4v) is 2.97. The average Bonchev–Trinajstić information content (AvgIpc) is 3.06. The fourth-order valence-electron chi connectivity index (χ4n) is 2.45. The Labute approximate surface area is 158 Å². The lowest BCUT2D eigenvalue weighted by Gasteiger charge is -2.19. The van der Waals surface area contributed by atoms with Crippen LogP contribution in [0.25, 0.3) is 0 Å². The van der Waals surface area contributed by atoms with Gasteiger partial charge in [-0.2, -0.15) is 0 Å². The molecule has 0 saturated carbocycles. The van der Waals surface area contributed by atoms with E-state index >= 15 is 0 Å². The Balaban J connectivity index is 2.00. The Hall–Kier alpha value is -2.45. The highest BCUT2D eigenvalue weighted by Crippen LogP contribution is 2.24. The van der Waals surface area contributed by atoms with Crippen molar-refractivity contribution >= 4 is 29.3 Å². The zero-order chi connectivity index (χ0) is 18.7. The summed E-state index contributed by atoms with van der Waals surface area (Å²) in [6, 6.07) is 5.42. The van der Waals surface area contributed by atoms with Gasteiger partial charge in [-0.1, -0.05) is 41.6 Å². The third-order valence-electron chi connectivity index (χ3n) is 3.73. The highest BCUT2D eigenvalue weighted by Gasteiger charge is 2.25. The lowest BCUT2D eigenvalue weighted by molar-refractivity contribution is 0.0935. The van der Waals surface area contributed by atoms with Crippen molar-refractivity contribution in [1.29, 1.82) is 0 Å². The second kappa shape index (κ2) is 7.84. The first-order valence-corrected chi connectivity index (χ1v) is 9.20. The van der Waals surface area contributed by atoms with Crippen LogP contribution in [0.1, 0.15) is 27.9 Å². The zero-order valence-corrected chi connectivity index (χ0v) is 15.6. The van der Waals surface area contributed by atoms with Gasteiger partial charge in [0, 0.05) is 25.0 Å². The second-order valence-corrected chi connectivity index (χ2v) is 6.56. The lowest BCUT2D eigenvalue weighted by atomic mass is 10.1. The molecule has 0 radical (unpaired) electrons. The van der Waals surface area contributed by atoms with Gasteiger partial charge in [0.05, 0.1) is 11.2 Å². The zero-order valence-electron chi connectivity index (χ0n) is 14.0. The van der Waals surface area contributed by atoms with Gasteiger partial charge in [0.25, 0.3) is 5.91 Å². The fraction of sp³-hybridized carbons (Fsp3) is 0.176. The minimum absolute atomic E-state index is 0.0292. The van der Waals surface area contributed by atoms with Crippen LogP contribution in [0.2, 0.25) is 5.02 Å². The molecular weight excluding hydrogens is 377 g/mol. The molecule has 0 aliphatic heterocycles. The minimum Gasteiger partial charge on any atom is -0.336 e. The van der Waals surface area contributed by atoms with Crippen molar-refractivity contribution in [2.24, 2.45) is 7.05 Å². The molecule has 0 fully saturated rings. The number of aromatic nitrogens is 4. The van der Waals surface area contributed by atoms with Crippen molar-refractivity contribution in [3.63, 3.8) is 0 Å². The van der Waals surface area contributed by atoms with Gasteiger partial charge >= 0.3 is 0 Å². The van der Waals surface area contributed by atoms with E-state index in [-0.39, 0.29) is 10.7 Å². The van der Waals surface area contributed by atoms with Gasteiger partial charge in [0.2, 0.25) is 0 Å². The maximum absolute atomic E-state index is 14.4. The Morgan fingerprint density at radius 1 is 1.35 bits per heavy atom. The predicted octanol–water partition coefficient (Wildman–Crippen LogP) is 3.24. The van der Waals surface area contributed by atoms with Crippen LogP contribution < -0.4 is 5.32 Å². The third-order valence-corrected chi connectivity index (χ3v) is 4.57. The van der Waals surface area contributed by atoms with Crippen LogP contribution in [-0.4, -0.2) is 31.7 Å². The number of rotatable bonds is 5. The Morgan fingerprint density at radius 2 is 2.12 bits per heavy atom. The van der Waals surface area contributed by atoms with Crippen molar-refractivity contribution in [3.05, 3.63) is 70.8 Å². The maximum atomic E-state index is 14.4. The van der Waals surface area contributed by atoms with E-state index in [1.54, 1.807) is 48.5 Å². The van der Waals surface area contributed by atoms with Crippen LogP contribution in [0.15, 0.2) is 48.0 Å². The van der Waals surface area contributed by atoms with Crippen LogP contribution in [-0.2, 0) is 7.05 Å². The molecule has 1 aromatic carbocycles. The molecule has 9 heteroatoms. The Bertz CT molecular complexity index is 948. The number of imidazole rings is 1. The van der Waals surface area contributed by atoms with E-state index in [4.69, 9.17) is 11.6 Å². The number of nitrogens with one attached hydrogen (secondary N) is 1. The van der Waals surface area contributed by atoms with Gasteiger partial charge in [0.1, 0.15) is 17.7 Å². The van der Waals surface area contributed by atoms with E-state index in [2.05, 4.69) is 20.3 Å². The first-order chi connectivity index (χ1) is 12.5. The Morgan fingerprint density at radius 3 is 2.77 bits per heavy atom. The van der Waals surface area contributed by atoms with E-state index in [0.717, 1.165) is 0 Å². The molecule has 0 spiro atoms. The highest BCUT2D eigenvalue weighted by molar-refractivity contribution is 7.98. The molecule has 1 N–H and O–H groups in total. The Kier molecular flexibility index (Phi) is 5.53. The van der Waals surface area contributed by atoms with E-state index < -0.39 is 17.8 Å². The smallest absolute Gasteiger partial charge is 0.272 e. The van der Waals surface area contributed by atoms with Crippen molar-refractivity contribution < 1.29 is 9.18 Å². The van der Waals surface area contributed by atoms with Crippen molar-refractivity contribution in [2.75, 3.05) is 6.26 Å². The van der Waals surface area contributed by atoms with Crippen molar-refractivity contribution in [2.45, 2.75) is 11.2 Å². The molecule has 1 amide bonds. The van der Waals surface area contributed by atoms with Crippen molar-refractivity contribution in [3.8, 4) is 0 Å². The minimum atomic E-state index is -0.799. The summed E-state index contributed by atoms with van der Waals surface area (Å²) >= 11 is 7.36. The molecule has 1 atom stereocenters. The summed E-state index contributed by atoms with van der Waals surface area (Å²) in [7, 11) is 1.77. The van der Waals surface area contributed by atoms with Gasteiger partial charge in [-0.05, 0) is 12.3 Å². The standard InChI is InChI=1S/C17H15ClFN5OS/c1-24-8-7-20-15(24)13(10-5-3-4-6-12(10)19)22-16(25)14-11(18)9-21-17(23-14)26-2/h3-9,13H,1-2H3,(H,22,25)/t13-/m1/s1. The van der Waals surface area contributed by atoms with E-state index in [9.17, 15) is 9.18 Å². The molecule has 3 rings (SSSR count). The molecule has 6 nitrogen and oxygen atoms in total. The average molecular weight is 392 g/mol. The van der Waals surface area contributed by atoms with E-state index in [1.165, 1.54) is 24.0 Å². The number of aryl methyl sites for hydroxylation is 1. The van der Waals surface area contributed by atoms with E-state index in [0.29, 0.717) is 16.5 Å². The largest absolute Gasteiger partial charge is 0.336 e. The monoisotopic (exact) mass is 391 g/mol. The third kappa shape index (κ3) is 3.71. The van der Waals surface area contributed by atoms with Gasteiger partial charge < -0.3 is 9.88 Å². The summed E-state index contributed by atoms with van der Waals surface area (Å²) in [5.41, 5.74) is 0.326. The molecular formula is C17H15ClFN5OS. The molecule has 3 aromatic rings. The maximum Gasteiger partial charge on any atom is 0.272 e. The number of benzene rings is 1.